The van der Waals surface area contributed by atoms with Crippen LogP contribution in [0.25, 0.3) is 6.08 Å². The first-order valence-corrected chi connectivity index (χ1v) is 10.9. The average Bonchev–Trinajstić information content (AvgIpc) is 3.34. The first-order chi connectivity index (χ1) is 15.5. The summed E-state index contributed by atoms with van der Waals surface area (Å²) in [6, 6.07) is 14.7. The number of allylic oxidation sites excluding steroid dienone is 1. The smallest absolute Gasteiger partial charge is 0.232 e. The monoisotopic (exact) mass is 450 g/mol. The van der Waals surface area contributed by atoms with Crippen LogP contribution < -0.4 is 9.64 Å². The van der Waals surface area contributed by atoms with Crippen LogP contribution in [-0.4, -0.2) is 42.0 Å². The number of anilines is 1. The van der Waals surface area contributed by atoms with Crippen molar-refractivity contribution in [3.63, 3.8) is 0 Å². The van der Waals surface area contributed by atoms with Gasteiger partial charge in [-0.1, -0.05) is 17.7 Å². The number of hydrogen-bond acceptors (Lipinski definition) is 6. The Bertz CT molecular complexity index is 1210. The molecule has 6 nitrogen and oxygen atoms in total. The number of phenolic OH excluding ortho intramolecular Hbond substituents is 1. The molecule has 3 heterocycles. The van der Waals surface area contributed by atoms with Gasteiger partial charge in [0.15, 0.2) is 5.76 Å². The van der Waals surface area contributed by atoms with Gasteiger partial charge in [-0.15, -0.1) is 0 Å². The van der Waals surface area contributed by atoms with Crippen LogP contribution >= 0.6 is 11.6 Å². The minimum atomic E-state index is -0.207. The van der Waals surface area contributed by atoms with Crippen molar-refractivity contribution in [2.45, 2.75) is 13.5 Å². The van der Waals surface area contributed by atoms with Crippen LogP contribution in [0.5, 0.6) is 11.5 Å². The van der Waals surface area contributed by atoms with Gasteiger partial charge >= 0.3 is 0 Å². The van der Waals surface area contributed by atoms with Crippen LogP contribution in [0.3, 0.4) is 0 Å². The fourth-order valence-corrected chi connectivity index (χ4v) is 4.35. The Labute approximate surface area is 191 Å². The van der Waals surface area contributed by atoms with Crippen molar-refractivity contribution in [1.82, 2.24) is 4.90 Å². The van der Waals surface area contributed by atoms with E-state index in [1.807, 2.05) is 31.2 Å². The van der Waals surface area contributed by atoms with Gasteiger partial charge in [0.1, 0.15) is 23.0 Å². The largest absolute Gasteiger partial charge is 0.507 e. The fraction of sp³-hybridized carbons (Fsp3) is 0.240. The highest BCUT2D eigenvalue weighted by atomic mass is 35.5. The Balaban J connectivity index is 1.32. The van der Waals surface area contributed by atoms with Gasteiger partial charge in [0.2, 0.25) is 5.78 Å². The molecular weight excluding hydrogens is 428 g/mol. The number of halogens is 1. The number of fused-ring (bicyclic) bond motifs is 1. The van der Waals surface area contributed by atoms with Gasteiger partial charge in [-0.2, -0.15) is 0 Å². The molecule has 3 aromatic rings. The second-order valence-electron chi connectivity index (χ2n) is 8.07. The molecule has 2 aliphatic rings. The molecule has 0 amide bonds. The fourth-order valence-electron chi connectivity index (χ4n) is 4.17. The zero-order valence-corrected chi connectivity index (χ0v) is 18.4. The molecule has 1 saturated heterocycles. The molecule has 2 aliphatic heterocycles. The van der Waals surface area contributed by atoms with E-state index in [4.69, 9.17) is 20.8 Å². The van der Waals surface area contributed by atoms with E-state index in [1.165, 1.54) is 0 Å². The van der Waals surface area contributed by atoms with E-state index >= 15 is 0 Å². The third-order valence-electron chi connectivity index (χ3n) is 5.88. The summed E-state index contributed by atoms with van der Waals surface area (Å²) in [4.78, 5) is 17.4. The van der Waals surface area contributed by atoms with Crippen molar-refractivity contribution < 1.29 is 19.1 Å². The molecule has 1 aromatic heterocycles. The molecule has 0 unspecified atom stereocenters. The van der Waals surface area contributed by atoms with E-state index < -0.39 is 0 Å². The summed E-state index contributed by atoms with van der Waals surface area (Å²) in [5.74, 6) is 1.87. The summed E-state index contributed by atoms with van der Waals surface area (Å²) < 4.78 is 11.5. The first kappa shape index (κ1) is 20.7. The summed E-state index contributed by atoms with van der Waals surface area (Å²) in [5, 5.41) is 11.3. The number of furan rings is 1. The van der Waals surface area contributed by atoms with Crippen molar-refractivity contribution >= 4 is 29.1 Å². The number of rotatable bonds is 4. The lowest BCUT2D eigenvalue weighted by Gasteiger charge is -2.36. The van der Waals surface area contributed by atoms with Gasteiger partial charge in [0, 0.05) is 49.5 Å². The standard InChI is InChI=1S/C25H23ClN2O4/c1-16-5-6-19(31-16)14-23-24(30)20-7-8-22(29)21(25(20)32-23)15-27-9-11-28(12-10-27)18-4-2-3-17(26)13-18/h2-8,13-14,29H,9-12,15H2,1H3/b23-14-. The molecular formula is C25H23ClN2O4. The number of Topliss-reactive ketones (excluding diaryl/α,β-unsaturated/α-hetero) is 1. The maximum absolute atomic E-state index is 12.8. The minimum Gasteiger partial charge on any atom is -0.507 e. The zero-order chi connectivity index (χ0) is 22.2. The molecule has 32 heavy (non-hydrogen) atoms. The lowest BCUT2D eigenvalue weighted by molar-refractivity contribution is 0.101. The van der Waals surface area contributed by atoms with Crippen LogP contribution in [0.4, 0.5) is 5.69 Å². The number of piperazine rings is 1. The summed E-state index contributed by atoms with van der Waals surface area (Å²) in [6.45, 7) is 5.67. The van der Waals surface area contributed by atoms with Gasteiger partial charge < -0.3 is 19.2 Å². The third kappa shape index (κ3) is 3.99. The van der Waals surface area contributed by atoms with Crippen LogP contribution in [0.15, 0.2) is 58.7 Å². The number of ether oxygens (including phenoxy) is 1. The van der Waals surface area contributed by atoms with Crippen LogP contribution in [0.2, 0.25) is 5.02 Å². The van der Waals surface area contributed by atoms with Crippen LogP contribution in [-0.2, 0) is 6.54 Å². The van der Waals surface area contributed by atoms with Crippen molar-refractivity contribution in [1.29, 1.82) is 0 Å². The van der Waals surface area contributed by atoms with E-state index in [9.17, 15) is 9.90 Å². The molecule has 1 N–H and O–H groups in total. The quantitative estimate of drug-likeness (QED) is 0.571. The highest BCUT2D eigenvalue weighted by Crippen LogP contribution is 2.40. The number of nitrogens with zero attached hydrogens (tertiary/aromatic N) is 2. The summed E-state index contributed by atoms with van der Waals surface area (Å²) in [7, 11) is 0. The predicted octanol–water partition coefficient (Wildman–Crippen LogP) is 4.89. The Morgan fingerprint density at radius 2 is 1.91 bits per heavy atom. The van der Waals surface area contributed by atoms with E-state index in [1.54, 1.807) is 24.3 Å². The zero-order valence-electron chi connectivity index (χ0n) is 17.7. The van der Waals surface area contributed by atoms with Crippen molar-refractivity contribution in [2.75, 3.05) is 31.1 Å². The molecule has 7 heteroatoms. The van der Waals surface area contributed by atoms with E-state index in [0.29, 0.717) is 29.2 Å². The van der Waals surface area contributed by atoms with E-state index in [-0.39, 0.29) is 17.3 Å². The minimum absolute atomic E-state index is 0.129. The van der Waals surface area contributed by atoms with Crippen LogP contribution in [0.1, 0.15) is 27.4 Å². The van der Waals surface area contributed by atoms with Gasteiger partial charge in [-0.3, -0.25) is 9.69 Å². The second kappa shape index (κ2) is 8.37. The van der Waals surface area contributed by atoms with Crippen molar-refractivity contribution in [3.05, 3.63) is 82.0 Å². The number of phenols is 1. The van der Waals surface area contributed by atoms with Crippen LogP contribution in [0, 0.1) is 6.92 Å². The maximum Gasteiger partial charge on any atom is 0.232 e. The van der Waals surface area contributed by atoms with Gasteiger partial charge in [0.05, 0.1) is 11.1 Å². The van der Waals surface area contributed by atoms with E-state index in [2.05, 4.69) is 15.9 Å². The summed E-state index contributed by atoms with van der Waals surface area (Å²) in [5.41, 5.74) is 2.20. The molecule has 0 spiro atoms. The predicted molar refractivity (Wildman–Crippen MR) is 123 cm³/mol. The Morgan fingerprint density at radius 1 is 1.09 bits per heavy atom. The molecule has 164 valence electrons. The van der Waals surface area contributed by atoms with Gasteiger partial charge in [-0.25, -0.2) is 0 Å². The number of carbonyl (C=O) groups excluding carboxylic acids is 1. The molecule has 0 aliphatic carbocycles. The molecule has 2 aromatic carbocycles. The Morgan fingerprint density at radius 3 is 2.62 bits per heavy atom. The molecule has 5 rings (SSSR count). The average molecular weight is 451 g/mol. The van der Waals surface area contributed by atoms with Crippen molar-refractivity contribution in [3.8, 4) is 11.5 Å². The topological polar surface area (TPSA) is 66.2 Å². The number of hydrogen-bond donors (Lipinski definition) is 1. The molecule has 0 atom stereocenters. The normalized spacial score (nSPS) is 17.6. The van der Waals surface area contributed by atoms with Gasteiger partial charge in [0.25, 0.3) is 0 Å². The van der Waals surface area contributed by atoms with Crippen molar-refractivity contribution in [2.24, 2.45) is 0 Å². The number of benzene rings is 2. The lowest BCUT2D eigenvalue weighted by Crippen LogP contribution is -2.46. The summed E-state index contributed by atoms with van der Waals surface area (Å²) in [6.07, 6.45) is 1.60. The molecule has 0 bridgehead atoms. The SMILES string of the molecule is Cc1ccc(/C=C2\Oc3c(ccc(O)c3CN3CCN(c4cccc(Cl)c4)CC3)C2=O)o1. The highest BCUT2D eigenvalue weighted by Gasteiger charge is 2.32. The summed E-state index contributed by atoms with van der Waals surface area (Å²) >= 11 is 6.13. The Hall–Kier alpha value is -3.22. The number of aryl methyl sites for hydroxylation is 1. The second-order valence-corrected chi connectivity index (χ2v) is 8.51. The van der Waals surface area contributed by atoms with E-state index in [0.717, 1.165) is 42.6 Å². The molecule has 0 saturated carbocycles. The third-order valence-corrected chi connectivity index (χ3v) is 6.11. The molecule has 0 radical (unpaired) electrons. The lowest BCUT2D eigenvalue weighted by atomic mass is 10.0. The number of carbonyl (C=O) groups is 1. The Kier molecular flexibility index (Phi) is 5.41. The highest BCUT2D eigenvalue weighted by molar-refractivity contribution is 6.30. The molecule has 1 fully saturated rings. The van der Waals surface area contributed by atoms with Gasteiger partial charge in [-0.05, 0) is 49.4 Å². The number of aromatic hydroxyl groups is 1. The first-order valence-electron chi connectivity index (χ1n) is 10.6. The number of ketones is 1. The maximum atomic E-state index is 12.8.